The molecule has 1 aromatic carbocycles. The van der Waals surface area contributed by atoms with Crippen LogP contribution in [0.2, 0.25) is 0 Å². The zero-order valence-electron chi connectivity index (χ0n) is 7.62. The molecule has 0 atom stereocenters. The summed E-state index contributed by atoms with van der Waals surface area (Å²) in [7, 11) is 0. The maximum absolute atomic E-state index is 5.20. The van der Waals surface area contributed by atoms with Crippen LogP contribution in [0.3, 0.4) is 0 Å². The normalized spacial score (nSPS) is 9.54. The molecule has 0 amide bonds. The molecular formula is C11H12OS. The van der Waals surface area contributed by atoms with E-state index in [1.165, 1.54) is 4.90 Å². The fourth-order valence-electron chi connectivity index (χ4n) is 0.950. The summed E-state index contributed by atoms with van der Waals surface area (Å²) in [5.41, 5.74) is 1.16. The summed E-state index contributed by atoms with van der Waals surface area (Å²) in [4.78, 5) is 1.26. The van der Waals surface area contributed by atoms with Crippen molar-refractivity contribution in [1.29, 1.82) is 0 Å². The molecule has 2 heteroatoms. The molecule has 0 saturated carbocycles. The monoisotopic (exact) mass is 192 g/mol. The minimum absolute atomic E-state index is 0.379. The summed E-state index contributed by atoms with van der Waals surface area (Å²) < 4.78 is 5.20. The lowest BCUT2D eigenvalue weighted by Gasteiger charge is -2.01. The van der Waals surface area contributed by atoms with Crippen molar-refractivity contribution >= 4 is 11.8 Å². The minimum Gasteiger partial charge on any atom is -0.364 e. The zero-order valence-corrected chi connectivity index (χ0v) is 8.43. The molecule has 13 heavy (non-hydrogen) atoms. The van der Waals surface area contributed by atoms with E-state index < -0.39 is 0 Å². The van der Waals surface area contributed by atoms with Gasteiger partial charge in [0.15, 0.2) is 0 Å². The summed E-state index contributed by atoms with van der Waals surface area (Å²) in [6, 6.07) is 8.28. The Morgan fingerprint density at radius 2 is 2.08 bits per heavy atom. The van der Waals surface area contributed by atoms with Crippen LogP contribution in [-0.2, 0) is 11.3 Å². The van der Waals surface area contributed by atoms with Gasteiger partial charge in [0.1, 0.15) is 6.61 Å². The molecule has 0 radical (unpaired) electrons. The summed E-state index contributed by atoms with van der Waals surface area (Å²) >= 11 is 1.73. The lowest BCUT2D eigenvalue weighted by Crippen LogP contribution is -1.92. The highest BCUT2D eigenvalue weighted by Gasteiger charge is 1.92. The third-order valence-electron chi connectivity index (χ3n) is 1.61. The molecule has 0 N–H and O–H groups in total. The predicted octanol–water partition coefficient (Wildman–Crippen LogP) is 2.56. The lowest BCUT2D eigenvalue weighted by atomic mass is 10.2. The zero-order chi connectivity index (χ0) is 9.52. The number of ether oxygens (including phenoxy) is 1. The van der Waals surface area contributed by atoms with Gasteiger partial charge in [0.25, 0.3) is 0 Å². The molecule has 0 heterocycles. The molecular weight excluding hydrogens is 180 g/mol. The Labute approximate surface area is 83.5 Å². The van der Waals surface area contributed by atoms with Gasteiger partial charge in [-0.3, -0.25) is 0 Å². The van der Waals surface area contributed by atoms with Crippen LogP contribution < -0.4 is 0 Å². The highest BCUT2D eigenvalue weighted by atomic mass is 32.2. The predicted molar refractivity (Wildman–Crippen MR) is 56.7 cm³/mol. The maximum atomic E-state index is 5.20. The van der Waals surface area contributed by atoms with Crippen molar-refractivity contribution in [1.82, 2.24) is 0 Å². The Balaban J connectivity index is 2.45. The number of terminal acetylenes is 1. The molecule has 0 saturated heterocycles. The van der Waals surface area contributed by atoms with Gasteiger partial charge in [-0.2, -0.15) is 0 Å². The molecule has 1 aromatic rings. The first kappa shape index (κ1) is 10.2. The van der Waals surface area contributed by atoms with E-state index in [9.17, 15) is 0 Å². The first-order valence-corrected chi connectivity index (χ1v) is 5.23. The smallest absolute Gasteiger partial charge is 0.107 e. The van der Waals surface area contributed by atoms with Gasteiger partial charge in [-0.1, -0.05) is 18.1 Å². The SMILES string of the molecule is C#CCOCc1ccc(SC)cc1. The van der Waals surface area contributed by atoms with Gasteiger partial charge in [-0.05, 0) is 24.0 Å². The summed E-state index contributed by atoms with van der Waals surface area (Å²) in [5.74, 6) is 2.43. The second kappa shape index (κ2) is 5.69. The number of hydrogen-bond donors (Lipinski definition) is 0. The van der Waals surface area contributed by atoms with Gasteiger partial charge in [-0.25, -0.2) is 0 Å². The molecule has 0 unspecified atom stereocenters. The quantitative estimate of drug-likeness (QED) is 0.412. The standard InChI is InChI=1S/C11H12OS/c1-3-8-12-9-10-4-6-11(13-2)7-5-10/h1,4-7H,8-9H2,2H3. The van der Waals surface area contributed by atoms with E-state index in [1.807, 2.05) is 0 Å². The van der Waals surface area contributed by atoms with Crippen LogP contribution in [0.5, 0.6) is 0 Å². The van der Waals surface area contributed by atoms with Crippen LogP contribution >= 0.6 is 11.8 Å². The number of benzene rings is 1. The van der Waals surface area contributed by atoms with Crippen molar-refractivity contribution in [3.8, 4) is 12.3 Å². The van der Waals surface area contributed by atoms with Gasteiger partial charge in [0.05, 0.1) is 6.61 Å². The fourth-order valence-corrected chi connectivity index (χ4v) is 1.36. The first-order valence-electron chi connectivity index (χ1n) is 4.01. The van der Waals surface area contributed by atoms with Crippen LogP contribution in [0.4, 0.5) is 0 Å². The molecule has 0 bridgehead atoms. The average Bonchev–Trinajstić information content (AvgIpc) is 2.19. The van der Waals surface area contributed by atoms with E-state index in [2.05, 4.69) is 36.4 Å². The van der Waals surface area contributed by atoms with E-state index >= 15 is 0 Å². The summed E-state index contributed by atoms with van der Waals surface area (Å²) in [6.07, 6.45) is 7.12. The highest BCUT2D eigenvalue weighted by molar-refractivity contribution is 7.98. The Morgan fingerprint density at radius 3 is 2.62 bits per heavy atom. The number of hydrogen-bond acceptors (Lipinski definition) is 2. The van der Waals surface area contributed by atoms with Crippen molar-refractivity contribution in [2.45, 2.75) is 11.5 Å². The molecule has 0 fully saturated rings. The molecule has 0 aliphatic carbocycles. The number of thioether (sulfide) groups is 1. The summed E-state index contributed by atoms with van der Waals surface area (Å²) in [5, 5.41) is 0. The van der Waals surface area contributed by atoms with Crippen molar-refractivity contribution < 1.29 is 4.74 Å². The Kier molecular flexibility index (Phi) is 4.45. The minimum atomic E-state index is 0.379. The molecule has 1 rings (SSSR count). The van der Waals surface area contributed by atoms with E-state index in [0.29, 0.717) is 13.2 Å². The van der Waals surface area contributed by atoms with Crippen LogP contribution in [0.25, 0.3) is 0 Å². The maximum Gasteiger partial charge on any atom is 0.107 e. The molecule has 1 nitrogen and oxygen atoms in total. The lowest BCUT2D eigenvalue weighted by molar-refractivity contribution is 0.153. The molecule has 0 aliphatic heterocycles. The average molecular weight is 192 g/mol. The van der Waals surface area contributed by atoms with Crippen LogP contribution in [0.1, 0.15) is 5.56 Å². The van der Waals surface area contributed by atoms with Crippen LogP contribution in [-0.4, -0.2) is 12.9 Å². The first-order chi connectivity index (χ1) is 6.36. The van der Waals surface area contributed by atoms with Crippen molar-refractivity contribution in [2.75, 3.05) is 12.9 Å². The second-order valence-electron chi connectivity index (χ2n) is 2.54. The largest absolute Gasteiger partial charge is 0.364 e. The van der Waals surface area contributed by atoms with Crippen molar-refractivity contribution in [2.24, 2.45) is 0 Å². The van der Waals surface area contributed by atoms with E-state index in [1.54, 1.807) is 11.8 Å². The Morgan fingerprint density at radius 1 is 1.38 bits per heavy atom. The van der Waals surface area contributed by atoms with E-state index in [0.717, 1.165) is 5.56 Å². The van der Waals surface area contributed by atoms with Gasteiger partial charge in [0.2, 0.25) is 0 Å². The number of rotatable bonds is 4. The fraction of sp³-hybridized carbons (Fsp3) is 0.273. The second-order valence-corrected chi connectivity index (χ2v) is 3.42. The van der Waals surface area contributed by atoms with E-state index in [-0.39, 0.29) is 0 Å². The van der Waals surface area contributed by atoms with Gasteiger partial charge in [0, 0.05) is 4.90 Å². The van der Waals surface area contributed by atoms with Crippen molar-refractivity contribution in [3.05, 3.63) is 29.8 Å². The van der Waals surface area contributed by atoms with Crippen LogP contribution in [0.15, 0.2) is 29.2 Å². The third kappa shape index (κ3) is 3.54. The van der Waals surface area contributed by atoms with Gasteiger partial charge in [-0.15, -0.1) is 18.2 Å². The van der Waals surface area contributed by atoms with Gasteiger partial charge < -0.3 is 4.74 Å². The topological polar surface area (TPSA) is 9.23 Å². The molecule has 0 spiro atoms. The summed E-state index contributed by atoms with van der Waals surface area (Å²) in [6.45, 7) is 0.975. The third-order valence-corrected chi connectivity index (χ3v) is 2.36. The molecule has 68 valence electrons. The Hall–Kier alpha value is -0.910. The van der Waals surface area contributed by atoms with E-state index in [4.69, 9.17) is 11.2 Å². The van der Waals surface area contributed by atoms with Crippen LogP contribution in [0, 0.1) is 12.3 Å². The molecule has 0 aromatic heterocycles. The van der Waals surface area contributed by atoms with Gasteiger partial charge >= 0.3 is 0 Å². The Bertz CT molecular complexity index is 284. The van der Waals surface area contributed by atoms with Crippen molar-refractivity contribution in [3.63, 3.8) is 0 Å². The highest BCUT2D eigenvalue weighted by Crippen LogP contribution is 2.15. The molecule has 0 aliphatic rings.